The molecule has 6 rings (SSSR count). The summed E-state index contributed by atoms with van der Waals surface area (Å²) in [6.45, 7) is 16.8. The molecule has 0 fully saturated rings. The second kappa shape index (κ2) is 35.2. The number of phenolic OH excluding ortho intramolecular Hbond substituents is 1. The van der Waals surface area contributed by atoms with Gasteiger partial charge in [-0.1, -0.05) is 109 Å². The molecular formula is C62H82N6O14Si2. The molecule has 1 unspecified atom stereocenters. The van der Waals surface area contributed by atoms with Crippen LogP contribution in [-0.2, 0) is 45.6 Å². The first-order valence-corrected chi connectivity index (χ1v) is 32.8. The summed E-state index contributed by atoms with van der Waals surface area (Å²) in [7, 11) is -5.74. The fourth-order valence-electron chi connectivity index (χ4n) is 9.02. The van der Waals surface area contributed by atoms with E-state index in [4.69, 9.17) is 60.5 Å². The van der Waals surface area contributed by atoms with Gasteiger partial charge in [0.05, 0.1) is 5.56 Å². The number of hydrogen-bond acceptors (Lipinski definition) is 18. The standard InChI is InChI=1S/C62H82N6O14Si2/c1-8-76-83(77-9-2,78-10-3)44-20-36-63-61(71)74-42-39-68(40-43-75-62(72)64-37-21-45-84(79-11-4,80-12-5)81-13-6)38-41-73-60(70)47(7)82-54-34-35-55(56(69)46-54)59-66-57(52-30-26-50(27-31-52)48-22-16-14-17-23-48)65-58(67-59)53-32-28-51(29-33-53)49-24-18-15-19-25-49/h14-19,22-35,46-47,69H,8-13,20-21,36-45H2,1-7H3,(H,63,71)(H,64,72). The van der Waals surface area contributed by atoms with Gasteiger partial charge in [-0.3, -0.25) is 4.90 Å². The maximum absolute atomic E-state index is 13.4. The number of nitrogens with zero attached hydrogens (tertiary/aromatic N) is 4. The fourth-order valence-corrected chi connectivity index (χ4v) is 14.2. The first kappa shape index (κ1) is 66.0. The number of phenols is 1. The summed E-state index contributed by atoms with van der Waals surface area (Å²) in [5, 5.41) is 17.1. The summed E-state index contributed by atoms with van der Waals surface area (Å²) in [4.78, 5) is 55.3. The molecule has 20 nitrogen and oxygen atoms in total. The Bertz CT molecular complexity index is 2730. The highest BCUT2D eigenvalue weighted by atomic mass is 28.4. The number of aromatic nitrogens is 3. The Labute approximate surface area is 496 Å². The van der Waals surface area contributed by atoms with E-state index in [9.17, 15) is 19.5 Å². The minimum absolute atomic E-state index is 0.0114. The molecule has 1 heterocycles. The molecule has 3 N–H and O–H groups in total. The number of ether oxygens (including phenoxy) is 4. The Morgan fingerprint density at radius 2 is 0.857 bits per heavy atom. The molecule has 84 heavy (non-hydrogen) atoms. The average molecular weight is 1190 g/mol. The van der Waals surface area contributed by atoms with Gasteiger partial charge in [-0.2, -0.15) is 0 Å². The maximum atomic E-state index is 13.4. The number of carbonyl (C=O) groups is 3. The summed E-state index contributed by atoms with van der Waals surface area (Å²) in [6.07, 6.45) is -1.19. The quantitative estimate of drug-likeness (QED) is 0.0142. The van der Waals surface area contributed by atoms with E-state index in [2.05, 4.69) is 34.9 Å². The third-order valence-corrected chi connectivity index (χ3v) is 19.3. The van der Waals surface area contributed by atoms with Gasteiger partial charge < -0.3 is 61.2 Å². The number of esters is 1. The maximum Gasteiger partial charge on any atom is 0.500 e. The van der Waals surface area contributed by atoms with Gasteiger partial charge in [-0.15, -0.1) is 0 Å². The second-order valence-corrected chi connectivity index (χ2v) is 24.4. The topological polar surface area (TPSA) is 230 Å². The van der Waals surface area contributed by atoms with E-state index >= 15 is 0 Å². The highest BCUT2D eigenvalue weighted by molar-refractivity contribution is 6.61. The normalized spacial score (nSPS) is 12.0. The molecule has 0 radical (unpaired) electrons. The van der Waals surface area contributed by atoms with E-state index < -0.39 is 41.9 Å². The molecular weight excluding hydrogens is 1110 g/mol. The zero-order chi connectivity index (χ0) is 60.0. The lowest BCUT2D eigenvalue weighted by molar-refractivity contribution is -0.151. The summed E-state index contributed by atoms with van der Waals surface area (Å²) in [5.41, 5.74) is 6.07. The molecule has 5 aromatic carbocycles. The molecule has 0 aliphatic rings. The molecule has 0 saturated heterocycles. The number of aromatic hydroxyl groups is 1. The molecule has 2 amide bonds. The third-order valence-electron chi connectivity index (χ3n) is 13.0. The van der Waals surface area contributed by atoms with Gasteiger partial charge in [0.15, 0.2) is 23.6 Å². The van der Waals surface area contributed by atoms with E-state index in [1.807, 2.05) is 131 Å². The number of benzene rings is 5. The predicted octanol–water partition coefficient (Wildman–Crippen LogP) is 10.9. The number of nitrogens with one attached hydrogen (secondary N) is 2. The molecule has 6 aromatic rings. The van der Waals surface area contributed by atoms with Gasteiger partial charge in [0, 0.05) is 102 Å². The van der Waals surface area contributed by atoms with Crippen LogP contribution in [0.2, 0.25) is 12.1 Å². The van der Waals surface area contributed by atoms with Crippen LogP contribution in [0.1, 0.15) is 61.3 Å². The van der Waals surface area contributed by atoms with Crippen molar-refractivity contribution >= 4 is 35.8 Å². The predicted molar refractivity (Wildman–Crippen MR) is 325 cm³/mol. The van der Waals surface area contributed by atoms with Gasteiger partial charge in [0.1, 0.15) is 31.3 Å². The average Bonchev–Trinajstić information content (AvgIpc) is 3.52. The minimum atomic E-state index is -2.87. The van der Waals surface area contributed by atoms with Gasteiger partial charge in [-0.05, 0) is 95.7 Å². The number of amides is 2. The fraction of sp³-hybridized carbons (Fsp3) is 0.419. The van der Waals surface area contributed by atoms with Crippen LogP contribution in [0.5, 0.6) is 11.5 Å². The summed E-state index contributed by atoms with van der Waals surface area (Å²) in [6, 6.07) is 41.8. The SMILES string of the molecule is CCO[Si](CCCNC(=O)OCCN(CCOC(=O)NCCC[Si](OCC)(OCC)OCC)CCOC(=O)C(C)Oc1ccc(-c2nc(-c3ccc(-c4ccccc4)cc3)nc(-c3ccc(-c4ccccc4)cc3)n2)c(O)c1)(OCC)OCC. The van der Waals surface area contributed by atoms with Crippen molar-refractivity contribution in [1.29, 1.82) is 0 Å². The van der Waals surface area contributed by atoms with Crippen LogP contribution in [0.3, 0.4) is 0 Å². The van der Waals surface area contributed by atoms with Crippen molar-refractivity contribution in [3.63, 3.8) is 0 Å². The molecule has 0 bridgehead atoms. The Kier molecular flexibility index (Phi) is 27.7. The molecule has 0 spiro atoms. The lowest BCUT2D eigenvalue weighted by atomic mass is 10.0. The monoisotopic (exact) mass is 1190 g/mol. The number of rotatable bonds is 37. The molecule has 1 atom stereocenters. The minimum Gasteiger partial charge on any atom is -0.507 e. The van der Waals surface area contributed by atoms with E-state index in [0.717, 1.165) is 33.4 Å². The van der Waals surface area contributed by atoms with Crippen molar-refractivity contribution in [2.75, 3.05) is 92.2 Å². The Morgan fingerprint density at radius 3 is 1.25 bits per heavy atom. The van der Waals surface area contributed by atoms with Crippen molar-refractivity contribution in [2.24, 2.45) is 0 Å². The van der Waals surface area contributed by atoms with Gasteiger partial charge in [-0.25, -0.2) is 29.3 Å². The first-order chi connectivity index (χ1) is 40.9. The van der Waals surface area contributed by atoms with Crippen LogP contribution in [0.15, 0.2) is 127 Å². The first-order valence-electron chi connectivity index (χ1n) is 29.0. The summed E-state index contributed by atoms with van der Waals surface area (Å²) in [5.74, 6) is 0.415. The molecule has 0 aliphatic heterocycles. The Morgan fingerprint density at radius 1 is 0.488 bits per heavy atom. The van der Waals surface area contributed by atoms with Crippen molar-refractivity contribution < 1.29 is 65.0 Å². The Hall–Kier alpha value is -7.13. The lowest BCUT2D eigenvalue weighted by Crippen LogP contribution is -2.46. The van der Waals surface area contributed by atoms with Crippen molar-refractivity contribution in [1.82, 2.24) is 30.5 Å². The largest absolute Gasteiger partial charge is 0.507 e. The van der Waals surface area contributed by atoms with E-state index in [1.54, 1.807) is 19.1 Å². The van der Waals surface area contributed by atoms with E-state index in [1.165, 1.54) is 6.07 Å². The number of carbonyl (C=O) groups excluding carboxylic acids is 3. The van der Waals surface area contributed by atoms with Gasteiger partial charge in [0.25, 0.3) is 0 Å². The summed E-state index contributed by atoms with van der Waals surface area (Å²) < 4.78 is 58.2. The van der Waals surface area contributed by atoms with Crippen molar-refractivity contribution in [2.45, 2.75) is 79.5 Å². The van der Waals surface area contributed by atoms with E-state index in [-0.39, 0.29) is 56.8 Å². The smallest absolute Gasteiger partial charge is 0.500 e. The van der Waals surface area contributed by atoms with E-state index in [0.29, 0.717) is 94.9 Å². The zero-order valence-electron chi connectivity index (χ0n) is 49.5. The van der Waals surface area contributed by atoms with Crippen LogP contribution in [-0.4, -0.2) is 159 Å². The molecule has 0 saturated carbocycles. The highest BCUT2D eigenvalue weighted by Gasteiger charge is 2.40. The second-order valence-electron chi connectivity index (χ2n) is 18.9. The van der Waals surface area contributed by atoms with Crippen molar-refractivity contribution in [3.8, 4) is 67.9 Å². The highest BCUT2D eigenvalue weighted by Crippen LogP contribution is 2.34. The van der Waals surface area contributed by atoms with Crippen LogP contribution in [0, 0.1) is 0 Å². The summed E-state index contributed by atoms with van der Waals surface area (Å²) >= 11 is 0. The number of hydrogen-bond donors (Lipinski definition) is 3. The molecule has 452 valence electrons. The third kappa shape index (κ3) is 20.9. The van der Waals surface area contributed by atoms with Crippen LogP contribution in [0.4, 0.5) is 9.59 Å². The zero-order valence-corrected chi connectivity index (χ0v) is 51.5. The van der Waals surface area contributed by atoms with Crippen molar-refractivity contribution in [3.05, 3.63) is 127 Å². The molecule has 0 aliphatic carbocycles. The van der Waals surface area contributed by atoms with Gasteiger partial charge >= 0.3 is 35.8 Å². The van der Waals surface area contributed by atoms with Crippen LogP contribution >= 0.6 is 0 Å². The Balaban J connectivity index is 1.07. The van der Waals surface area contributed by atoms with Crippen LogP contribution in [0.25, 0.3) is 56.4 Å². The molecule has 1 aromatic heterocycles. The van der Waals surface area contributed by atoms with Crippen LogP contribution < -0.4 is 15.4 Å². The molecule has 22 heteroatoms. The number of alkyl carbamates (subject to hydrolysis) is 2. The lowest BCUT2D eigenvalue weighted by Gasteiger charge is -2.28. The van der Waals surface area contributed by atoms with Gasteiger partial charge in [0.2, 0.25) is 0 Å².